The average Bonchev–Trinajstić information content (AvgIpc) is 2.85. The molecule has 0 spiro atoms. The molecule has 4 rings (SSSR count). The normalized spacial score (nSPS) is 19.4. The maximum Gasteiger partial charge on any atom is 0.317 e. The first-order valence-electron chi connectivity index (χ1n) is 11.3. The monoisotopic (exact) mass is 486 g/mol. The molecule has 2 unspecified atom stereocenters. The second-order valence-corrected chi connectivity index (χ2v) is 9.74. The number of primary amides is 1. The van der Waals surface area contributed by atoms with Crippen LogP contribution in [-0.2, 0) is 10.8 Å². The van der Waals surface area contributed by atoms with Crippen molar-refractivity contribution in [3.05, 3.63) is 36.2 Å². The van der Waals surface area contributed by atoms with Gasteiger partial charge in [-0.25, -0.2) is 14.8 Å². The van der Waals surface area contributed by atoms with Crippen molar-refractivity contribution in [3.8, 4) is 0 Å². The first kappa shape index (κ1) is 23.9. The second-order valence-electron chi connectivity index (χ2n) is 8.36. The molecule has 1 aromatic carbocycles. The highest BCUT2D eigenvalue weighted by Gasteiger charge is 2.26. The number of carbonyl (C=O) groups is 2. The van der Waals surface area contributed by atoms with Gasteiger partial charge in [-0.05, 0) is 37.1 Å². The van der Waals surface area contributed by atoms with Crippen LogP contribution in [0.15, 0.2) is 35.4 Å². The number of nitrogens with zero attached hydrogens (tertiary/aromatic N) is 4. The molecule has 12 heteroatoms. The van der Waals surface area contributed by atoms with E-state index in [1.165, 1.54) is 6.20 Å². The molecule has 2 saturated heterocycles. The zero-order valence-corrected chi connectivity index (χ0v) is 19.9. The molecule has 0 radical (unpaired) electrons. The topological polar surface area (TPSA) is 146 Å². The number of piperazine rings is 1. The first-order valence-corrected chi connectivity index (χ1v) is 12.8. The van der Waals surface area contributed by atoms with Gasteiger partial charge in [-0.1, -0.05) is 0 Å². The van der Waals surface area contributed by atoms with Gasteiger partial charge in [0, 0.05) is 72.9 Å². The molecule has 0 bridgehead atoms. The van der Waals surface area contributed by atoms with E-state index >= 15 is 0 Å². The molecule has 0 saturated carbocycles. The van der Waals surface area contributed by atoms with Gasteiger partial charge in [-0.15, -0.1) is 0 Å². The molecule has 2 aromatic rings. The standard InChI is InChI=1S/C22H30N8O3S/c1-34(33)17-6-4-15(5-7-17)26-21-19(20(23)31)25-13-18(28-21)30-10-2-3-16(14-30)27-22(32)29-11-8-24-9-12-29/h4-7,13,16,24H,2-3,8-12,14H2,1H3,(H2,23,31)(H,26,28)(H,27,32). The number of anilines is 3. The predicted molar refractivity (Wildman–Crippen MR) is 131 cm³/mol. The largest absolute Gasteiger partial charge is 0.364 e. The minimum absolute atomic E-state index is 0.00683. The van der Waals surface area contributed by atoms with Crippen LogP contribution in [-0.4, -0.2) is 82.6 Å². The van der Waals surface area contributed by atoms with E-state index in [2.05, 4.69) is 30.8 Å². The summed E-state index contributed by atoms with van der Waals surface area (Å²) >= 11 is 0. The molecule has 1 aromatic heterocycles. The fourth-order valence-corrected chi connectivity index (χ4v) is 4.62. The number of aromatic nitrogens is 2. The Balaban J connectivity index is 1.48. The van der Waals surface area contributed by atoms with Crippen molar-refractivity contribution in [2.24, 2.45) is 5.73 Å². The lowest BCUT2D eigenvalue weighted by molar-refractivity contribution is 0.0996. The zero-order valence-electron chi connectivity index (χ0n) is 19.1. The second kappa shape index (κ2) is 10.8. The third kappa shape index (κ3) is 5.81. The number of carbonyl (C=O) groups excluding carboxylic acids is 2. The molecule has 3 amide bonds. The number of piperidine rings is 1. The Morgan fingerprint density at radius 1 is 1.18 bits per heavy atom. The third-order valence-corrected chi connectivity index (χ3v) is 6.86. The van der Waals surface area contributed by atoms with Gasteiger partial charge in [0.1, 0.15) is 5.82 Å². The fourth-order valence-electron chi connectivity index (χ4n) is 4.10. The lowest BCUT2D eigenvalue weighted by Crippen LogP contribution is -2.55. The van der Waals surface area contributed by atoms with E-state index in [1.54, 1.807) is 30.5 Å². The minimum atomic E-state index is -1.08. The number of benzene rings is 1. The highest BCUT2D eigenvalue weighted by Crippen LogP contribution is 2.24. The summed E-state index contributed by atoms with van der Waals surface area (Å²) in [7, 11) is -1.08. The van der Waals surface area contributed by atoms with Crippen molar-refractivity contribution in [2.75, 3.05) is 55.7 Å². The summed E-state index contributed by atoms with van der Waals surface area (Å²) in [6, 6.07) is 6.97. The molecule has 3 heterocycles. The number of amides is 3. The molecule has 11 nitrogen and oxygen atoms in total. The van der Waals surface area contributed by atoms with Crippen molar-refractivity contribution < 1.29 is 13.8 Å². The van der Waals surface area contributed by atoms with Crippen molar-refractivity contribution in [2.45, 2.75) is 23.8 Å². The summed E-state index contributed by atoms with van der Waals surface area (Å²) < 4.78 is 11.6. The lowest BCUT2D eigenvalue weighted by atomic mass is 10.1. The van der Waals surface area contributed by atoms with Gasteiger partial charge in [-0.3, -0.25) is 9.00 Å². The summed E-state index contributed by atoms with van der Waals surface area (Å²) in [4.78, 5) is 38.0. The van der Waals surface area contributed by atoms with Crippen LogP contribution in [0.3, 0.4) is 0 Å². The molecule has 2 atom stereocenters. The summed E-state index contributed by atoms with van der Waals surface area (Å²) in [6.07, 6.45) is 4.93. The van der Waals surface area contributed by atoms with E-state index in [0.717, 1.165) is 32.5 Å². The van der Waals surface area contributed by atoms with Crippen LogP contribution in [0.2, 0.25) is 0 Å². The molecule has 182 valence electrons. The minimum Gasteiger partial charge on any atom is -0.364 e. The van der Waals surface area contributed by atoms with Crippen LogP contribution >= 0.6 is 0 Å². The van der Waals surface area contributed by atoms with E-state index in [9.17, 15) is 13.8 Å². The van der Waals surface area contributed by atoms with Gasteiger partial charge in [0.05, 0.1) is 6.20 Å². The number of urea groups is 1. The molecule has 34 heavy (non-hydrogen) atoms. The highest BCUT2D eigenvalue weighted by atomic mass is 32.2. The smallest absolute Gasteiger partial charge is 0.317 e. The SMILES string of the molecule is CS(=O)c1ccc(Nc2nc(N3CCCC(NC(=O)N4CCNCC4)C3)cnc2C(N)=O)cc1. The molecule has 0 aliphatic carbocycles. The van der Waals surface area contributed by atoms with Crippen molar-refractivity contribution in [3.63, 3.8) is 0 Å². The summed E-state index contributed by atoms with van der Waals surface area (Å²) in [5.41, 5.74) is 6.22. The van der Waals surface area contributed by atoms with Crippen molar-refractivity contribution in [1.82, 2.24) is 25.5 Å². The van der Waals surface area contributed by atoms with Crippen molar-refractivity contribution >= 4 is 40.1 Å². The number of hydrogen-bond acceptors (Lipinski definition) is 8. The molecule has 2 fully saturated rings. The number of nitrogens with two attached hydrogens (primary N) is 1. The molecular weight excluding hydrogens is 456 g/mol. The first-order chi connectivity index (χ1) is 16.4. The van der Waals surface area contributed by atoms with E-state index in [0.29, 0.717) is 36.0 Å². The van der Waals surface area contributed by atoms with E-state index in [-0.39, 0.29) is 23.6 Å². The Kier molecular flexibility index (Phi) is 7.58. The number of nitrogens with one attached hydrogen (secondary N) is 3. The van der Waals surface area contributed by atoms with Crippen molar-refractivity contribution in [1.29, 1.82) is 0 Å². The third-order valence-electron chi connectivity index (χ3n) is 5.92. The van der Waals surface area contributed by atoms with Gasteiger partial charge in [0.15, 0.2) is 11.5 Å². The van der Waals surface area contributed by atoms with Gasteiger partial charge in [-0.2, -0.15) is 0 Å². The lowest BCUT2D eigenvalue weighted by Gasteiger charge is -2.36. The molecular formula is C22H30N8O3S. The summed E-state index contributed by atoms with van der Waals surface area (Å²) in [6.45, 7) is 4.38. The van der Waals surface area contributed by atoms with Crippen LogP contribution in [0.5, 0.6) is 0 Å². The van der Waals surface area contributed by atoms with Crippen LogP contribution < -0.4 is 26.6 Å². The van der Waals surface area contributed by atoms with E-state index < -0.39 is 16.7 Å². The average molecular weight is 487 g/mol. The number of rotatable bonds is 6. The summed E-state index contributed by atoms with van der Waals surface area (Å²) in [5, 5.41) is 9.49. The van der Waals surface area contributed by atoms with Gasteiger partial charge >= 0.3 is 6.03 Å². The Morgan fingerprint density at radius 2 is 1.91 bits per heavy atom. The van der Waals surface area contributed by atoms with Gasteiger partial charge in [0.25, 0.3) is 5.91 Å². The van der Waals surface area contributed by atoms with Crippen LogP contribution in [0.25, 0.3) is 0 Å². The maximum absolute atomic E-state index is 12.6. The fraction of sp³-hybridized carbons (Fsp3) is 0.455. The van der Waals surface area contributed by atoms with Gasteiger partial charge in [0.2, 0.25) is 0 Å². The van der Waals surface area contributed by atoms with Gasteiger partial charge < -0.3 is 31.5 Å². The van der Waals surface area contributed by atoms with Crippen LogP contribution in [0.1, 0.15) is 23.3 Å². The Bertz CT molecular complexity index is 1060. The maximum atomic E-state index is 12.6. The van der Waals surface area contributed by atoms with E-state index in [1.807, 2.05) is 4.90 Å². The predicted octanol–water partition coefficient (Wildman–Crippen LogP) is 0.640. The van der Waals surface area contributed by atoms with Crippen LogP contribution in [0.4, 0.5) is 22.1 Å². The highest BCUT2D eigenvalue weighted by molar-refractivity contribution is 7.84. The molecule has 2 aliphatic heterocycles. The molecule has 5 N–H and O–H groups in total. The Morgan fingerprint density at radius 3 is 2.59 bits per heavy atom. The molecule has 2 aliphatic rings. The summed E-state index contributed by atoms with van der Waals surface area (Å²) in [5.74, 6) is 0.162. The number of hydrogen-bond donors (Lipinski definition) is 4. The van der Waals surface area contributed by atoms with Crippen LogP contribution in [0, 0.1) is 0 Å². The zero-order chi connectivity index (χ0) is 24.1. The quantitative estimate of drug-likeness (QED) is 0.465. The Labute approximate surface area is 201 Å². The van der Waals surface area contributed by atoms with E-state index in [4.69, 9.17) is 5.73 Å². The Hall–Kier alpha value is -3.25.